The average molecular weight is 330 g/mol. The molecule has 0 spiro atoms. The summed E-state index contributed by atoms with van der Waals surface area (Å²) in [6.07, 6.45) is 8.50. The van der Waals surface area contributed by atoms with Crippen molar-refractivity contribution in [3.8, 4) is 0 Å². The van der Waals surface area contributed by atoms with Gasteiger partial charge in [0.2, 0.25) is 0 Å². The molecule has 0 saturated heterocycles. The van der Waals surface area contributed by atoms with E-state index in [0.29, 0.717) is 6.54 Å². The Labute approximate surface area is 143 Å². The van der Waals surface area contributed by atoms with Gasteiger partial charge in [-0.05, 0) is 50.4 Å². The quantitative estimate of drug-likeness (QED) is 0.833. The molecule has 2 aromatic rings. The molecule has 3 rings (SSSR count). The summed E-state index contributed by atoms with van der Waals surface area (Å²) >= 11 is 1.83. The van der Waals surface area contributed by atoms with Crippen LogP contribution in [0.5, 0.6) is 0 Å². The number of hydrogen-bond donors (Lipinski definition) is 2. The molecule has 0 saturated carbocycles. The van der Waals surface area contributed by atoms with Crippen molar-refractivity contribution in [1.29, 1.82) is 0 Å². The Morgan fingerprint density at radius 1 is 1.30 bits per heavy atom. The molecule has 3 N–H and O–H groups in total. The minimum Gasteiger partial charge on any atom is -0.380 e. The van der Waals surface area contributed by atoms with Crippen LogP contribution in [0.4, 0.5) is 5.69 Å². The van der Waals surface area contributed by atoms with Gasteiger partial charge in [0.15, 0.2) is 0 Å². The van der Waals surface area contributed by atoms with Gasteiger partial charge in [0.1, 0.15) is 0 Å². The topological polar surface area (TPSA) is 50.9 Å². The van der Waals surface area contributed by atoms with Gasteiger partial charge in [-0.2, -0.15) is 0 Å². The molecular formula is C19H27N3S. The van der Waals surface area contributed by atoms with E-state index in [2.05, 4.69) is 43.5 Å². The summed E-state index contributed by atoms with van der Waals surface area (Å²) in [5.41, 5.74) is 11.8. The van der Waals surface area contributed by atoms with E-state index in [4.69, 9.17) is 10.7 Å². The molecule has 0 unspecified atom stereocenters. The van der Waals surface area contributed by atoms with Gasteiger partial charge in [-0.15, -0.1) is 11.3 Å². The maximum absolute atomic E-state index is 5.72. The number of allylic oxidation sites excluding steroid dienone is 3. The first-order valence-electron chi connectivity index (χ1n) is 8.37. The van der Waals surface area contributed by atoms with E-state index in [1.165, 1.54) is 26.4 Å². The number of hydrogen-bond acceptors (Lipinski definition) is 4. The molecule has 0 atom stereocenters. The van der Waals surface area contributed by atoms with E-state index < -0.39 is 0 Å². The van der Waals surface area contributed by atoms with E-state index in [0.717, 1.165) is 30.6 Å². The Hall–Kier alpha value is -1.65. The predicted molar refractivity (Wildman–Crippen MR) is 104 cm³/mol. The second kappa shape index (κ2) is 8.27. The van der Waals surface area contributed by atoms with Gasteiger partial charge in [0.05, 0.1) is 15.9 Å². The van der Waals surface area contributed by atoms with Crippen LogP contribution < -0.4 is 11.1 Å². The lowest BCUT2D eigenvalue weighted by atomic mass is 10.1. The molecule has 0 radical (unpaired) electrons. The lowest BCUT2D eigenvalue weighted by Gasteiger charge is -2.09. The third kappa shape index (κ3) is 4.01. The van der Waals surface area contributed by atoms with E-state index in [1.54, 1.807) is 0 Å². The van der Waals surface area contributed by atoms with Crippen molar-refractivity contribution < 1.29 is 0 Å². The number of thiophene rings is 1. The van der Waals surface area contributed by atoms with Gasteiger partial charge in [-0.1, -0.05) is 32.1 Å². The van der Waals surface area contributed by atoms with Crippen LogP contribution in [0.25, 0.3) is 10.2 Å². The second-order valence-corrected chi connectivity index (χ2v) is 6.59. The lowest BCUT2D eigenvalue weighted by Crippen LogP contribution is -2.04. The predicted octanol–water partition coefficient (Wildman–Crippen LogP) is 4.74. The number of aromatic nitrogens is 1. The number of pyridine rings is 1. The Bertz CT molecular complexity index is 726. The molecular weight excluding hydrogens is 302 g/mol. The second-order valence-electron chi connectivity index (χ2n) is 5.49. The summed E-state index contributed by atoms with van der Waals surface area (Å²) in [6.45, 7) is 9.80. The molecule has 1 aliphatic carbocycles. The summed E-state index contributed by atoms with van der Waals surface area (Å²) in [6, 6.07) is 2.15. The van der Waals surface area contributed by atoms with Crippen LogP contribution in [-0.2, 0) is 6.42 Å². The van der Waals surface area contributed by atoms with E-state index in [1.807, 2.05) is 25.2 Å². The highest BCUT2D eigenvalue weighted by molar-refractivity contribution is 7.19. The highest BCUT2D eigenvalue weighted by Crippen LogP contribution is 2.35. The van der Waals surface area contributed by atoms with Crippen molar-refractivity contribution in [3.63, 3.8) is 0 Å². The first kappa shape index (κ1) is 17.7. The van der Waals surface area contributed by atoms with E-state index >= 15 is 0 Å². The molecule has 23 heavy (non-hydrogen) atoms. The van der Waals surface area contributed by atoms with Crippen molar-refractivity contribution in [3.05, 3.63) is 46.0 Å². The Kier molecular flexibility index (Phi) is 6.37. The SMILES string of the molecule is CC.Cc1cc(NCC2=CC=CC2)c2sc(CCN)c(C)c2n1. The van der Waals surface area contributed by atoms with Crippen molar-refractivity contribution in [1.82, 2.24) is 4.98 Å². The Morgan fingerprint density at radius 2 is 2.09 bits per heavy atom. The maximum atomic E-state index is 5.72. The van der Waals surface area contributed by atoms with Gasteiger partial charge < -0.3 is 11.1 Å². The third-order valence-electron chi connectivity index (χ3n) is 3.83. The van der Waals surface area contributed by atoms with Crippen LogP contribution in [0.1, 0.15) is 36.4 Å². The molecule has 2 aromatic heterocycles. The Morgan fingerprint density at radius 3 is 2.74 bits per heavy atom. The maximum Gasteiger partial charge on any atom is 0.0865 e. The summed E-state index contributed by atoms with van der Waals surface area (Å²) < 4.78 is 1.26. The zero-order valence-electron chi connectivity index (χ0n) is 14.6. The third-order valence-corrected chi connectivity index (χ3v) is 5.20. The normalized spacial score (nSPS) is 13.0. The number of nitrogens with two attached hydrogens (primary N) is 1. The van der Waals surface area contributed by atoms with Gasteiger partial charge in [-0.3, -0.25) is 4.98 Å². The minimum atomic E-state index is 0.688. The number of nitrogens with one attached hydrogen (secondary N) is 1. The fourth-order valence-electron chi connectivity index (χ4n) is 2.68. The van der Waals surface area contributed by atoms with Crippen LogP contribution >= 0.6 is 11.3 Å². The molecule has 0 aliphatic heterocycles. The van der Waals surface area contributed by atoms with Crippen molar-refractivity contribution in [2.75, 3.05) is 18.4 Å². The summed E-state index contributed by atoms with van der Waals surface area (Å²) in [7, 11) is 0. The number of nitrogens with zero attached hydrogens (tertiary/aromatic N) is 1. The van der Waals surface area contributed by atoms with Gasteiger partial charge in [-0.25, -0.2) is 0 Å². The zero-order valence-corrected chi connectivity index (χ0v) is 15.4. The molecule has 0 bridgehead atoms. The van der Waals surface area contributed by atoms with Crippen molar-refractivity contribution >= 4 is 27.2 Å². The lowest BCUT2D eigenvalue weighted by molar-refractivity contribution is 0.980. The highest BCUT2D eigenvalue weighted by Gasteiger charge is 2.13. The van der Waals surface area contributed by atoms with Crippen LogP contribution in [0, 0.1) is 13.8 Å². The van der Waals surface area contributed by atoms with Crippen LogP contribution in [0.3, 0.4) is 0 Å². The van der Waals surface area contributed by atoms with Crippen molar-refractivity contribution in [2.45, 2.75) is 40.5 Å². The first-order valence-corrected chi connectivity index (χ1v) is 9.19. The molecule has 0 amide bonds. The molecule has 124 valence electrons. The fraction of sp³-hybridized carbons (Fsp3) is 0.421. The van der Waals surface area contributed by atoms with Gasteiger partial charge >= 0.3 is 0 Å². The molecule has 3 nitrogen and oxygen atoms in total. The Balaban J connectivity index is 0.000000924. The number of rotatable bonds is 5. The monoisotopic (exact) mass is 329 g/mol. The number of aryl methyl sites for hydroxylation is 2. The van der Waals surface area contributed by atoms with Crippen LogP contribution in [-0.4, -0.2) is 18.1 Å². The fourth-order valence-corrected chi connectivity index (χ4v) is 3.94. The molecule has 0 fully saturated rings. The molecule has 1 aliphatic rings. The van der Waals surface area contributed by atoms with E-state index in [-0.39, 0.29) is 0 Å². The molecule has 0 aromatic carbocycles. The number of fused-ring (bicyclic) bond motifs is 1. The minimum absolute atomic E-state index is 0.688. The standard InChI is InChI=1S/C17H21N3S.C2H6/c1-11-9-14(19-10-13-5-3-4-6-13)17-16(20-11)12(2)15(21-17)7-8-18;1-2/h3-5,9H,6-8,10,18H2,1-2H3,(H,19,20);1-2H3. The summed E-state index contributed by atoms with van der Waals surface area (Å²) in [5.74, 6) is 0. The van der Waals surface area contributed by atoms with Gasteiger partial charge in [0, 0.05) is 17.1 Å². The summed E-state index contributed by atoms with van der Waals surface area (Å²) in [5, 5.41) is 3.58. The van der Waals surface area contributed by atoms with Crippen LogP contribution in [0.2, 0.25) is 0 Å². The average Bonchev–Trinajstić information content (AvgIpc) is 3.18. The van der Waals surface area contributed by atoms with Crippen LogP contribution in [0.15, 0.2) is 29.9 Å². The first-order chi connectivity index (χ1) is 11.2. The van der Waals surface area contributed by atoms with Crippen molar-refractivity contribution in [2.24, 2.45) is 5.73 Å². The molecule has 4 heteroatoms. The zero-order chi connectivity index (χ0) is 16.8. The van der Waals surface area contributed by atoms with E-state index in [9.17, 15) is 0 Å². The largest absolute Gasteiger partial charge is 0.380 e. The highest BCUT2D eigenvalue weighted by atomic mass is 32.1. The summed E-state index contributed by atoms with van der Waals surface area (Å²) in [4.78, 5) is 6.08. The number of anilines is 1. The molecule has 2 heterocycles. The smallest absolute Gasteiger partial charge is 0.0865 e. The van der Waals surface area contributed by atoms with Gasteiger partial charge in [0.25, 0.3) is 0 Å².